The van der Waals surface area contributed by atoms with Crippen LogP contribution < -0.4 is 10.0 Å². The molecule has 3 rings (SSSR count). The fourth-order valence-electron chi connectivity index (χ4n) is 2.63. The summed E-state index contributed by atoms with van der Waals surface area (Å²) >= 11 is 1.68. The second kappa shape index (κ2) is 5.46. The number of hydrogen-bond acceptors (Lipinski definition) is 5. The predicted octanol–water partition coefficient (Wildman–Crippen LogP) is 1.69. The molecule has 0 atom stereocenters. The molecule has 0 amide bonds. The number of benzene rings is 1. The predicted molar refractivity (Wildman–Crippen MR) is 81.7 cm³/mol. The van der Waals surface area contributed by atoms with Gasteiger partial charge in [0.05, 0.1) is 10.9 Å². The van der Waals surface area contributed by atoms with Gasteiger partial charge in [0.15, 0.2) is 0 Å². The highest BCUT2D eigenvalue weighted by atomic mass is 32.2. The van der Waals surface area contributed by atoms with E-state index in [1.165, 1.54) is 0 Å². The average Bonchev–Trinajstić information content (AvgIpc) is 2.47. The molecule has 2 aliphatic rings. The molecule has 2 aliphatic heterocycles. The first-order valence-corrected chi connectivity index (χ1v) is 9.19. The van der Waals surface area contributed by atoms with Crippen LogP contribution in [0.1, 0.15) is 12.8 Å². The molecule has 20 heavy (non-hydrogen) atoms. The van der Waals surface area contributed by atoms with Crippen LogP contribution in [0.2, 0.25) is 0 Å². The lowest BCUT2D eigenvalue weighted by molar-refractivity contribution is 0.0983. The minimum atomic E-state index is -3.33. The van der Waals surface area contributed by atoms with Crippen LogP contribution in [0.3, 0.4) is 0 Å². The maximum atomic E-state index is 12.8. The molecule has 7 heteroatoms. The average molecular weight is 314 g/mol. The number of fused-ring (bicyclic) bond motifs is 1. The molecule has 110 valence electrons. The van der Waals surface area contributed by atoms with Crippen LogP contribution in [0.4, 0.5) is 11.4 Å². The molecule has 0 aliphatic carbocycles. The van der Waals surface area contributed by atoms with E-state index in [1.807, 2.05) is 12.1 Å². The summed E-state index contributed by atoms with van der Waals surface area (Å²) in [7, 11) is -3.33. The molecular weight excluding hydrogens is 296 g/mol. The van der Waals surface area contributed by atoms with Crippen LogP contribution in [0.5, 0.6) is 0 Å². The molecule has 0 aromatic heterocycles. The standard InChI is InChI=1S/C13H18N2O3S2/c14-10-1-2-13-12(9-10)15(5-8-19-13)20(16,17)11-3-6-18-7-4-11/h1-2,9,11H,3-8,14H2. The topological polar surface area (TPSA) is 72.6 Å². The fraction of sp³-hybridized carbons (Fsp3) is 0.538. The number of thioether (sulfide) groups is 1. The van der Waals surface area contributed by atoms with Gasteiger partial charge < -0.3 is 10.5 Å². The van der Waals surface area contributed by atoms with Gasteiger partial charge in [0.2, 0.25) is 10.0 Å². The van der Waals surface area contributed by atoms with E-state index in [0.717, 1.165) is 16.3 Å². The first-order chi connectivity index (χ1) is 9.59. The Morgan fingerprint density at radius 2 is 2.05 bits per heavy atom. The molecule has 0 bridgehead atoms. The highest BCUT2D eigenvalue weighted by Gasteiger charge is 2.35. The van der Waals surface area contributed by atoms with Crippen molar-refractivity contribution in [3.8, 4) is 0 Å². The first kappa shape index (κ1) is 14.0. The van der Waals surface area contributed by atoms with Gasteiger partial charge >= 0.3 is 0 Å². The van der Waals surface area contributed by atoms with Crippen molar-refractivity contribution < 1.29 is 13.2 Å². The summed E-state index contributed by atoms with van der Waals surface area (Å²) in [6, 6.07) is 5.48. The van der Waals surface area contributed by atoms with Crippen molar-refractivity contribution in [2.45, 2.75) is 23.0 Å². The fourth-order valence-corrected chi connectivity index (χ4v) is 5.70. The molecule has 0 unspecified atom stereocenters. The van der Waals surface area contributed by atoms with E-state index in [4.69, 9.17) is 10.5 Å². The lowest BCUT2D eigenvalue weighted by Gasteiger charge is -2.34. The van der Waals surface area contributed by atoms with Gasteiger partial charge in [-0.15, -0.1) is 11.8 Å². The Labute approximate surface area is 123 Å². The van der Waals surface area contributed by atoms with Crippen LogP contribution in [-0.4, -0.2) is 39.2 Å². The van der Waals surface area contributed by atoms with E-state index in [2.05, 4.69) is 0 Å². The summed E-state index contributed by atoms with van der Waals surface area (Å²) in [5.74, 6) is 0.777. The molecule has 1 fully saturated rings. The number of rotatable bonds is 2. The van der Waals surface area contributed by atoms with E-state index in [9.17, 15) is 8.42 Å². The largest absolute Gasteiger partial charge is 0.399 e. The number of sulfonamides is 1. The summed E-state index contributed by atoms with van der Waals surface area (Å²) in [4.78, 5) is 0.987. The van der Waals surface area contributed by atoms with Crippen molar-refractivity contribution in [2.24, 2.45) is 0 Å². The third-order valence-corrected chi connectivity index (χ3v) is 7.05. The second-order valence-corrected chi connectivity index (χ2v) is 8.28. The van der Waals surface area contributed by atoms with Crippen LogP contribution in [0.15, 0.2) is 23.1 Å². The molecule has 5 nitrogen and oxygen atoms in total. The summed E-state index contributed by atoms with van der Waals surface area (Å²) < 4.78 is 32.5. The zero-order valence-corrected chi connectivity index (χ0v) is 12.8. The quantitative estimate of drug-likeness (QED) is 0.841. The number of nitrogens with zero attached hydrogens (tertiary/aromatic N) is 1. The Kier molecular flexibility index (Phi) is 3.83. The smallest absolute Gasteiger partial charge is 0.238 e. The van der Waals surface area contributed by atoms with Gasteiger partial charge in [-0.1, -0.05) is 0 Å². The Balaban J connectivity index is 1.97. The van der Waals surface area contributed by atoms with Gasteiger partial charge in [0, 0.05) is 36.1 Å². The normalized spacial score (nSPS) is 20.7. The van der Waals surface area contributed by atoms with Gasteiger partial charge in [-0.05, 0) is 31.0 Å². The molecule has 1 aromatic rings. The first-order valence-electron chi connectivity index (χ1n) is 6.70. The second-order valence-electron chi connectivity index (χ2n) is 5.00. The van der Waals surface area contributed by atoms with Crippen molar-refractivity contribution in [3.05, 3.63) is 18.2 Å². The van der Waals surface area contributed by atoms with Gasteiger partial charge in [0.25, 0.3) is 0 Å². The lowest BCUT2D eigenvalue weighted by atomic mass is 10.2. The molecule has 0 radical (unpaired) electrons. The molecular formula is C13H18N2O3S2. The van der Waals surface area contributed by atoms with Gasteiger partial charge in [-0.2, -0.15) is 0 Å². The highest BCUT2D eigenvalue weighted by molar-refractivity contribution is 8.00. The van der Waals surface area contributed by atoms with Crippen molar-refractivity contribution in [3.63, 3.8) is 0 Å². The summed E-state index contributed by atoms with van der Waals surface area (Å²) in [5.41, 5.74) is 7.14. The van der Waals surface area contributed by atoms with E-state index in [0.29, 0.717) is 38.3 Å². The third-order valence-electron chi connectivity index (χ3n) is 3.70. The van der Waals surface area contributed by atoms with Crippen LogP contribution in [-0.2, 0) is 14.8 Å². The Bertz CT molecular complexity index is 598. The maximum absolute atomic E-state index is 12.8. The van der Waals surface area contributed by atoms with Gasteiger partial charge in [0.1, 0.15) is 0 Å². The number of nitrogen functional groups attached to an aromatic ring is 1. The van der Waals surface area contributed by atoms with Crippen molar-refractivity contribution in [1.29, 1.82) is 0 Å². The molecule has 1 aromatic carbocycles. The molecule has 0 spiro atoms. The molecule has 0 saturated carbocycles. The van der Waals surface area contributed by atoms with E-state index in [1.54, 1.807) is 22.1 Å². The Hall–Kier alpha value is -0.920. The SMILES string of the molecule is Nc1ccc2c(c1)N(S(=O)(=O)C1CCOCC1)CCS2. The number of hydrogen-bond donors (Lipinski definition) is 1. The number of anilines is 2. The van der Waals surface area contributed by atoms with Crippen LogP contribution in [0.25, 0.3) is 0 Å². The Morgan fingerprint density at radius 1 is 1.30 bits per heavy atom. The highest BCUT2D eigenvalue weighted by Crippen LogP contribution is 2.39. The minimum Gasteiger partial charge on any atom is -0.399 e. The summed E-state index contributed by atoms with van der Waals surface area (Å²) in [6.45, 7) is 1.56. The van der Waals surface area contributed by atoms with Gasteiger partial charge in [-0.3, -0.25) is 4.31 Å². The maximum Gasteiger partial charge on any atom is 0.238 e. The Morgan fingerprint density at radius 3 is 2.80 bits per heavy atom. The van der Waals surface area contributed by atoms with E-state index < -0.39 is 10.0 Å². The van der Waals surface area contributed by atoms with Crippen LogP contribution >= 0.6 is 11.8 Å². The van der Waals surface area contributed by atoms with Crippen molar-refractivity contribution >= 4 is 33.2 Å². The molecule has 2 heterocycles. The number of ether oxygens (including phenoxy) is 1. The summed E-state index contributed by atoms with van der Waals surface area (Å²) in [6.07, 6.45) is 1.15. The van der Waals surface area contributed by atoms with E-state index in [-0.39, 0.29) is 5.25 Å². The molecule has 2 N–H and O–H groups in total. The zero-order chi connectivity index (χ0) is 14.2. The minimum absolute atomic E-state index is 0.339. The third kappa shape index (κ3) is 2.49. The van der Waals surface area contributed by atoms with Crippen molar-refractivity contribution in [2.75, 3.05) is 35.6 Å². The molecule has 1 saturated heterocycles. The summed E-state index contributed by atoms with van der Waals surface area (Å²) in [5, 5.41) is -0.339. The van der Waals surface area contributed by atoms with E-state index >= 15 is 0 Å². The van der Waals surface area contributed by atoms with Crippen molar-refractivity contribution in [1.82, 2.24) is 0 Å². The lowest BCUT2D eigenvalue weighted by Crippen LogP contribution is -2.43. The van der Waals surface area contributed by atoms with Gasteiger partial charge in [-0.25, -0.2) is 8.42 Å². The van der Waals surface area contributed by atoms with Crippen LogP contribution in [0, 0.1) is 0 Å². The monoisotopic (exact) mass is 314 g/mol. The number of nitrogens with two attached hydrogens (primary N) is 1. The zero-order valence-electron chi connectivity index (χ0n) is 11.1.